The molecule has 2 rings (SSSR count). The summed E-state index contributed by atoms with van der Waals surface area (Å²) in [5.41, 5.74) is 4.46. The number of nitrogens with two attached hydrogens (primary N) is 1. The van der Waals surface area contributed by atoms with Crippen molar-refractivity contribution < 1.29 is 22.9 Å². The van der Waals surface area contributed by atoms with Gasteiger partial charge in [0, 0.05) is 0 Å². The Labute approximate surface area is 138 Å². The van der Waals surface area contributed by atoms with Gasteiger partial charge in [-0.15, -0.1) is 0 Å². The molecule has 2 aromatic rings. The average Bonchev–Trinajstić information content (AvgIpc) is 2.52. The fraction of sp³-hybridized carbons (Fsp3) is 0.143. The van der Waals surface area contributed by atoms with Crippen molar-refractivity contribution in [3.8, 4) is 6.07 Å². The number of nitrogens with zero attached hydrogens (tertiary/aromatic N) is 2. The van der Waals surface area contributed by atoms with Crippen LogP contribution in [-0.2, 0) is 11.0 Å². The second-order valence-electron chi connectivity index (χ2n) is 4.50. The van der Waals surface area contributed by atoms with E-state index in [0.717, 1.165) is 17.8 Å². The Bertz CT molecular complexity index is 804. The summed E-state index contributed by atoms with van der Waals surface area (Å²) in [5, 5.41) is 11.2. The number of nitrogen functional groups attached to an aromatic ring is 1. The highest BCUT2D eigenvalue weighted by Gasteiger charge is 2.33. The minimum absolute atomic E-state index is 0.00146. The molecule has 1 aromatic carbocycles. The van der Waals surface area contributed by atoms with E-state index in [1.807, 2.05) is 6.07 Å². The predicted molar refractivity (Wildman–Crippen MR) is 80.7 cm³/mol. The van der Waals surface area contributed by atoms with Crippen molar-refractivity contribution in [2.75, 3.05) is 16.8 Å². The van der Waals surface area contributed by atoms with Crippen molar-refractivity contribution in [3.05, 3.63) is 41.6 Å². The summed E-state index contributed by atoms with van der Waals surface area (Å²) < 4.78 is 38.6. The standard InChI is InChI=1S/C14H10F3N5OS/c15-14(16,17)9-3-1-2-4-10(9)21-11(23)7-24-13-20-6-8(5-18)12(19)22-13/h1-4,6H,7H2,(H,21,23)(H2,19,20,22)/p+1. The number of halogens is 3. The minimum Gasteiger partial charge on any atom is -0.362 e. The van der Waals surface area contributed by atoms with Crippen LogP contribution in [0, 0.1) is 11.3 Å². The number of hydrogen-bond donors (Lipinski definition) is 2. The lowest BCUT2D eigenvalue weighted by atomic mass is 10.1. The number of H-pyrrole nitrogens is 1. The third kappa shape index (κ3) is 4.36. The summed E-state index contributed by atoms with van der Waals surface area (Å²) >= 11 is 0.945. The Balaban J connectivity index is 2.02. The molecule has 0 atom stereocenters. The van der Waals surface area contributed by atoms with Crippen LogP contribution in [0.3, 0.4) is 0 Å². The number of rotatable bonds is 4. The molecule has 0 bridgehead atoms. The van der Waals surface area contributed by atoms with Crippen molar-refractivity contribution in [1.82, 2.24) is 4.98 Å². The predicted octanol–water partition coefficient (Wildman–Crippen LogP) is 2.10. The van der Waals surface area contributed by atoms with Crippen molar-refractivity contribution >= 4 is 29.2 Å². The van der Waals surface area contributed by atoms with Gasteiger partial charge in [-0.1, -0.05) is 12.1 Å². The lowest BCUT2D eigenvalue weighted by Crippen LogP contribution is -2.19. The molecule has 0 saturated heterocycles. The summed E-state index contributed by atoms with van der Waals surface area (Å²) in [7, 11) is 0. The van der Waals surface area contributed by atoms with Crippen LogP contribution in [0.2, 0.25) is 0 Å². The van der Waals surface area contributed by atoms with E-state index in [1.54, 1.807) is 0 Å². The number of anilines is 2. The van der Waals surface area contributed by atoms with Gasteiger partial charge in [0.1, 0.15) is 12.3 Å². The monoisotopic (exact) mass is 354 g/mol. The fourth-order valence-electron chi connectivity index (χ4n) is 1.73. The van der Waals surface area contributed by atoms with Crippen LogP contribution >= 0.6 is 11.8 Å². The first-order valence-electron chi connectivity index (χ1n) is 6.48. The number of nitrogens with one attached hydrogen (secondary N) is 2. The first kappa shape index (κ1) is 17.6. The molecule has 1 heterocycles. The molecule has 24 heavy (non-hydrogen) atoms. The molecule has 0 aliphatic carbocycles. The Kier molecular flexibility index (Phi) is 5.25. The van der Waals surface area contributed by atoms with Gasteiger partial charge in [-0.3, -0.25) is 4.79 Å². The molecule has 10 heteroatoms. The van der Waals surface area contributed by atoms with Crippen LogP contribution in [0.1, 0.15) is 11.1 Å². The maximum Gasteiger partial charge on any atom is 0.418 e. The number of thioether (sulfide) groups is 1. The number of alkyl halides is 3. The molecule has 0 aliphatic heterocycles. The van der Waals surface area contributed by atoms with Crippen molar-refractivity contribution in [1.29, 1.82) is 5.26 Å². The third-order valence-corrected chi connectivity index (χ3v) is 3.69. The van der Waals surface area contributed by atoms with Crippen molar-refractivity contribution in [2.24, 2.45) is 0 Å². The van der Waals surface area contributed by atoms with Crippen LogP contribution in [0.5, 0.6) is 0 Å². The molecule has 0 spiro atoms. The average molecular weight is 354 g/mol. The quantitative estimate of drug-likeness (QED) is 0.646. The molecule has 0 aliphatic rings. The van der Waals surface area contributed by atoms with Gasteiger partial charge in [-0.05, 0) is 28.9 Å². The number of amides is 1. The van der Waals surface area contributed by atoms with Crippen LogP contribution < -0.4 is 16.0 Å². The molecule has 0 unspecified atom stereocenters. The molecular weight excluding hydrogens is 343 g/mol. The number of carbonyl (C=O) groups is 1. The highest BCUT2D eigenvalue weighted by atomic mass is 32.2. The fourth-order valence-corrected chi connectivity index (χ4v) is 2.38. The smallest absolute Gasteiger partial charge is 0.362 e. The molecule has 124 valence electrons. The number of aromatic nitrogens is 2. The molecule has 4 N–H and O–H groups in total. The second kappa shape index (κ2) is 7.18. The molecule has 0 fully saturated rings. The van der Waals surface area contributed by atoms with Crippen LogP contribution in [-0.4, -0.2) is 16.6 Å². The Hall–Kier alpha value is -2.80. The van der Waals surface area contributed by atoms with E-state index in [0.29, 0.717) is 0 Å². The van der Waals surface area contributed by atoms with E-state index in [2.05, 4.69) is 15.3 Å². The summed E-state index contributed by atoms with van der Waals surface area (Å²) in [6.45, 7) is 0. The van der Waals surface area contributed by atoms with Gasteiger partial charge in [0.25, 0.3) is 5.82 Å². The largest absolute Gasteiger partial charge is 0.418 e. The number of para-hydroxylation sites is 1. The lowest BCUT2D eigenvalue weighted by molar-refractivity contribution is -0.433. The van der Waals surface area contributed by atoms with Gasteiger partial charge >= 0.3 is 11.3 Å². The minimum atomic E-state index is -4.56. The van der Waals surface area contributed by atoms with Gasteiger partial charge in [-0.25, -0.2) is 4.98 Å². The molecule has 6 nitrogen and oxygen atoms in total. The van der Waals surface area contributed by atoms with Gasteiger partial charge in [0.2, 0.25) is 5.91 Å². The van der Waals surface area contributed by atoms with Gasteiger partial charge in [-0.2, -0.15) is 18.4 Å². The van der Waals surface area contributed by atoms with Gasteiger partial charge in [0.05, 0.1) is 17.0 Å². The summed E-state index contributed by atoms with van der Waals surface area (Å²) in [4.78, 5) is 18.4. The molecule has 0 saturated carbocycles. The molecule has 1 aromatic heterocycles. The lowest BCUT2D eigenvalue weighted by Gasteiger charge is -2.12. The number of aromatic amines is 1. The Morgan fingerprint density at radius 3 is 2.75 bits per heavy atom. The van der Waals surface area contributed by atoms with E-state index in [9.17, 15) is 18.0 Å². The molecule has 0 radical (unpaired) electrons. The number of benzene rings is 1. The number of hydrogen-bond acceptors (Lipinski definition) is 5. The van der Waals surface area contributed by atoms with Gasteiger partial charge in [0.15, 0.2) is 5.56 Å². The van der Waals surface area contributed by atoms with Crippen molar-refractivity contribution in [2.45, 2.75) is 11.3 Å². The Morgan fingerprint density at radius 2 is 2.12 bits per heavy atom. The summed E-state index contributed by atoms with van der Waals surface area (Å²) in [6.07, 6.45) is -3.23. The van der Waals surface area contributed by atoms with Crippen LogP contribution in [0.25, 0.3) is 0 Å². The maximum atomic E-state index is 12.9. The Morgan fingerprint density at radius 1 is 1.42 bits per heavy atom. The van der Waals surface area contributed by atoms with E-state index in [1.165, 1.54) is 24.4 Å². The van der Waals surface area contributed by atoms with Crippen LogP contribution in [0.15, 0.2) is 35.6 Å². The summed E-state index contributed by atoms with van der Waals surface area (Å²) in [6, 6.07) is 6.53. The zero-order chi connectivity index (χ0) is 17.7. The second-order valence-corrected chi connectivity index (χ2v) is 5.46. The third-order valence-electron chi connectivity index (χ3n) is 2.80. The van der Waals surface area contributed by atoms with Crippen molar-refractivity contribution in [3.63, 3.8) is 0 Å². The zero-order valence-corrected chi connectivity index (χ0v) is 12.8. The highest BCUT2D eigenvalue weighted by Crippen LogP contribution is 2.34. The zero-order valence-electron chi connectivity index (χ0n) is 12.0. The topological polar surface area (TPSA) is 106 Å². The normalized spacial score (nSPS) is 10.9. The highest BCUT2D eigenvalue weighted by molar-refractivity contribution is 7.99. The van der Waals surface area contributed by atoms with E-state index >= 15 is 0 Å². The van der Waals surface area contributed by atoms with E-state index in [4.69, 9.17) is 11.0 Å². The van der Waals surface area contributed by atoms with E-state index in [-0.39, 0.29) is 28.0 Å². The molecular formula is C14H11F3N5OS+. The first-order valence-corrected chi connectivity index (χ1v) is 7.47. The van der Waals surface area contributed by atoms with Crippen LogP contribution in [0.4, 0.5) is 24.7 Å². The first-order chi connectivity index (χ1) is 11.3. The number of carbonyl (C=O) groups excluding carboxylic acids is 1. The van der Waals surface area contributed by atoms with Gasteiger partial charge < -0.3 is 11.1 Å². The maximum absolute atomic E-state index is 12.9. The SMILES string of the molecule is N#Cc1c[nH+]c(SCC(=O)Nc2ccccc2C(F)(F)F)nc1N. The number of nitriles is 1. The summed E-state index contributed by atoms with van der Waals surface area (Å²) in [5.74, 6) is -0.808. The molecule has 1 amide bonds. The van der Waals surface area contributed by atoms with E-state index < -0.39 is 17.6 Å².